The standard InChI is InChI=1S/C9H11BrFNO/c1-12-5-6-8(11)4-3-7(10)9(6)13-2/h3-4,12H,5H2,1-2H3. The quantitative estimate of drug-likeness (QED) is 0.886. The first-order valence-corrected chi connectivity index (χ1v) is 4.65. The van der Waals surface area contributed by atoms with Crippen LogP contribution in [0.2, 0.25) is 0 Å². The van der Waals surface area contributed by atoms with E-state index in [1.54, 1.807) is 13.1 Å². The van der Waals surface area contributed by atoms with Crippen molar-refractivity contribution in [3.05, 3.63) is 28.0 Å². The largest absolute Gasteiger partial charge is 0.495 e. The van der Waals surface area contributed by atoms with Gasteiger partial charge in [0.05, 0.1) is 11.6 Å². The highest BCUT2D eigenvalue weighted by Crippen LogP contribution is 2.30. The Morgan fingerprint density at radius 3 is 2.77 bits per heavy atom. The Morgan fingerprint density at radius 1 is 1.54 bits per heavy atom. The molecule has 0 unspecified atom stereocenters. The molecule has 4 heteroatoms. The zero-order valence-electron chi connectivity index (χ0n) is 7.53. The minimum Gasteiger partial charge on any atom is -0.495 e. The fourth-order valence-corrected chi connectivity index (χ4v) is 1.67. The van der Waals surface area contributed by atoms with Crippen LogP contribution in [0.15, 0.2) is 16.6 Å². The predicted octanol–water partition coefficient (Wildman–Crippen LogP) is 2.32. The third kappa shape index (κ3) is 2.19. The number of nitrogens with one attached hydrogen (secondary N) is 1. The topological polar surface area (TPSA) is 21.3 Å². The first-order valence-electron chi connectivity index (χ1n) is 3.86. The first kappa shape index (κ1) is 10.5. The van der Waals surface area contributed by atoms with Crippen molar-refractivity contribution in [3.63, 3.8) is 0 Å². The summed E-state index contributed by atoms with van der Waals surface area (Å²) in [5.74, 6) is 0.295. The summed E-state index contributed by atoms with van der Waals surface area (Å²) in [6, 6.07) is 3.05. The van der Waals surface area contributed by atoms with Crippen molar-refractivity contribution >= 4 is 15.9 Å². The second-order valence-electron chi connectivity index (χ2n) is 2.57. The Labute approximate surface area is 85.2 Å². The zero-order chi connectivity index (χ0) is 9.84. The van der Waals surface area contributed by atoms with Gasteiger partial charge >= 0.3 is 0 Å². The summed E-state index contributed by atoms with van der Waals surface area (Å²) in [6.45, 7) is 0.453. The molecule has 0 heterocycles. The van der Waals surface area contributed by atoms with E-state index in [4.69, 9.17) is 4.74 Å². The van der Waals surface area contributed by atoms with Crippen molar-refractivity contribution in [2.45, 2.75) is 6.54 Å². The maximum Gasteiger partial charge on any atom is 0.140 e. The van der Waals surface area contributed by atoms with Gasteiger partial charge in [-0.25, -0.2) is 4.39 Å². The Bertz CT molecular complexity index is 304. The third-order valence-corrected chi connectivity index (χ3v) is 2.34. The molecule has 0 aromatic heterocycles. The van der Waals surface area contributed by atoms with Crippen LogP contribution in [0.3, 0.4) is 0 Å². The average Bonchev–Trinajstić information content (AvgIpc) is 2.12. The maximum absolute atomic E-state index is 13.3. The van der Waals surface area contributed by atoms with E-state index in [-0.39, 0.29) is 5.82 Å². The molecule has 0 aliphatic carbocycles. The fraction of sp³-hybridized carbons (Fsp3) is 0.333. The molecule has 1 aromatic rings. The number of hydrogen-bond donors (Lipinski definition) is 1. The molecular weight excluding hydrogens is 237 g/mol. The number of halogens is 2. The predicted molar refractivity (Wildman–Crippen MR) is 53.4 cm³/mol. The third-order valence-electron chi connectivity index (χ3n) is 1.71. The molecule has 72 valence electrons. The van der Waals surface area contributed by atoms with Crippen LogP contribution in [0.4, 0.5) is 4.39 Å². The minimum atomic E-state index is -0.255. The Kier molecular flexibility index (Phi) is 3.69. The molecule has 0 aliphatic rings. The van der Waals surface area contributed by atoms with E-state index in [1.807, 2.05) is 0 Å². The van der Waals surface area contributed by atoms with Gasteiger partial charge in [-0.1, -0.05) is 0 Å². The minimum absolute atomic E-state index is 0.255. The lowest BCUT2D eigenvalue weighted by atomic mass is 10.2. The molecule has 1 aromatic carbocycles. The van der Waals surface area contributed by atoms with Crippen LogP contribution < -0.4 is 10.1 Å². The smallest absolute Gasteiger partial charge is 0.140 e. The van der Waals surface area contributed by atoms with Crippen molar-refractivity contribution in [1.82, 2.24) is 5.32 Å². The van der Waals surface area contributed by atoms with E-state index in [1.165, 1.54) is 13.2 Å². The van der Waals surface area contributed by atoms with Gasteiger partial charge in [0.15, 0.2) is 0 Å². The molecule has 0 saturated heterocycles. The summed E-state index contributed by atoms with van der Waals surface area (Å²) in [5, 5.41) is 2.89. The summed E-state index contributed by atoms with van der Waals surface area (Å²) in [5.41, 5.74) is 0.541. The molecule has 0 radical (unpaired) electrons. The molecule has 13 heavy (non-hydrogen) atoms. The molecule has 0 spiro atoms. The van der Waals surface area contributed by atoms with Crippen LogP contribution in [0.5, 0.6) is 5.75 Å². The van der Waals surface area contributed by atoms with E-state index in [0.29, 0.717) is 17.9 Å². The van der Waals surface area contributed by atoms with Crippen molar-refractivity contribution in [2.75, 3.05) is 14.2 Å². The summed E-state index contributed by atoms with van der Waals surface area (Å²) >= 11 is 3.29. The monoisotopic (exact) mass is 247 g/mol. The molecular formula is C9H11BrFNO. The van der Waals surface area contributed by atoms with E-state index in [9.17, 15) is 4.39 Å². The highest BCUT2D eigenvalue weighted by atomic mass is 79.9. The van der Waals surface area contributed by atoms with Crippen molar-refractivity contribution in [1.29, 1.82) is 0 Å². The van der Waals surface area contributed by atoms with Gasteiger partial charge in [-0.2, -0.15) is 0 Å². The lowest BCUT2D eigenvalue weighted by Gasteiger charge is -2.10. The molecule has 1 N–H and O–H groups in total. The van der Waals surface area contributed by atoms with Crippen molar-refractivity contribution in [2.24, 2.45) is 0 Å². The lowest BCUT2D eigenvalue weighted by molar-refractivity contribution is 0.400. The highest BCUT2D eigenvalue weighted by Gasteiger charge is 2.11. The Morgan fingerprint density at radius 2 is 2.23 bits per heavy atom. The van der Waals surface area contributed by atoms with Crippen LogP contribution in [-0.4, -0.2) is 14.2 Å². The van der Waals surface area contributed by atoms with Gasteiger partial charge in [-0.05, 0) is 35.1 Å². The van der Waals surface area contributed by atoms with E-state index >= 15 is 0 Å². The molecule has 0 amide bonds. The van der Waals surface area contributed by atoms with Gasteiger partial charge in [0.2, 0.25) is 0 Å². The van der Waals surface area contributed by atoms with Crippen LogP contribution in [0.25, 0.3) is 0 Å². The van der Waals surface area contributed by atoms with Crippen molar-refractivity contribution in [3.8, 4) is 5.75 Å². The summed E-state index contributed by atoms with van der Waals surface area (Å²) in [6.07, 6.45) is 0. The molecule has 0 bridgehead atoms. The van der Waals surface area contributed by atoms with Gasteiger partial charge in [-0.15, -0.1) is 0 Å². The van der Waals surface area contributed by atoms with E-state index in [2.05, 4.69) is 21.2 Å². The van der Waals surface area contributed by atoms with Gasteiger partial charge in [0.25, 0.3) is 0 Å². The number of ether oxygens (including phenoxy) is 1. The van der Waals surface area contributed by atoms with Crippen LogP contribution >= 0.6 is 15.9 Å². The van der Waals surface area contributed by atoms with Crippen LogP contribution in [0, 0.1) is 5.82 Å². The molecule has 0 saturated carbocycles. The summed E-state index contributed by atoms with van der Waals surface area (Å²) in [4.78, 5) is 0. The second-order valence-corrected chi connectivity index (χ2v) is 3.43. The normalized spacial score (nSPS) is 10.2. The van der Waals surface area contributed by atoms with E-state index in [0.717, 1.165) is 4.47 Å². The maximum atomic E-state index is 13.3. The number of methoxy groups -OCH3 is 1. The summed E-state index contributed by atoms with van der Waals surface area (Å²) < 4.78 is 19.1. The first-order chi connectivity index (χ1) is 6.20. The fourth-order valence-electron chi connectivity index (χ4n) is 1.14. The van der Waals surface area contributed by atoms with Gasteiger partial charge in [0.1, 0.15) is 11.6 Å². The van der Waals surface area contributed by atoms with Gasteiger partial charge < -0.3 is 10.1 Å². The molecule has 1 rings (SSSR count). The SMILES string of the molecule is CNCc1c(F)ccc(Br)c1OC. The average molecular weight is 248 g/mol. The van der Waals surface area contributed by atoms with Gasteiger partial charge in [0, 0.05) is 12.1 Å². The summed E-state index contributed by atoms with van der Waals surface area (Å²) in [7, 11) is 3.29. The number of benzene rings is 1. The molecule has 0 atom stereocenters. The highest BCUT2D eigenvalue weighted by molar-refractivity contribution is 9.10. The Hall–Kier alpha value is -0.610. The molecule has 2 nitrogen and oxygen atoms in total. The van der Waals surface area contributed by atoms with Crippen molar-refractivity contribution < 1.29 is 9.13 Å². The lowest BCUT2D eigenvalue weighted by Crippen LogP contribution is -2.09. The molecule has 0 aliphatic heterocycles. The van der Waals surface area contributed by atoms with Crippen LogP contribution in [-0.2, 0) is 6.54 Å². The molecule has 0 fully saturated rings. The number of rotatable bonds is 3. The van der Waals surface area contributed by atoms with Gasteiger partial charge in [-0.3, -0.25) is 0 Å². The van der Waals surface area contributed by atoms with E-state index < -0.39 is 0 Å². The zero-order valence-corrected chi connectivity index (χ0v) is 9.11. The number of hydrogen-bond acceptors (Lipinski definition) is 2. The Balaban J connectivity index is 3.18. The van der Waals surface area contributed by atoms with Crippen LogP contribution in [0.1, 0.15) is 5.56 Å². The second kappa shape index (κ2) is 4.58.